The van der Waals surface area contributed by atoms with Crippen LogP contribution in [0.2, 0.25) is 5.02 Å². The van der Waals surface area contributed by atoms with Gasteiger partial charge in [0.2, 0.25) is 0 Å². The first kappa shape index (κ1) is 13.9. The summed E-state index contributed by atoms with van der Waals surface area (Å²) in [6.45, 7) is 3.95. The Hall–Kier alpha value is -1.51. The summed E-state index contributed by atoms with van der Waals surface area (Å²) in [4.78, 5) is 0. The highest BCUT2D eigenvalue weighted by Gasteiger charge is 2.24. The zero-order valence-electron chi connectivity index (χ0n) is 11.4. The van der Waals surface area contributed by atoms with Crippen molar-refractivity contribution in [1.82, 2.24) is 0 Å². The molecule has 3 heteroatoms. The molecule has 0 bridgehead atoms. The molecule has 0 saturated carbocycles. The van der Waals surface area contributed by atoms with Gasteiger partial charge in [0.15, 0.2) is 0 Å². The van der Waals surface area contributed by atoms with Gasteiger partial charge in [0, 0.05) is 5.02 Å². The van der Waals surface area contributed by atoms with Crippen LogP contribution in [-0.2, 0) is 5.54 Å². The van der Waals surface area contributed by atoms with Crippen molar-refractivity contribution in [2.45, 2.75) is 19.4 Å². The molecule has 2 N–H and O–H groups in total. The van der Waals surface area contributed by atoms with Crippen LogP contribution in [0.15, 0.2) is 42.5 Å². The van der Waals surface area contributed by atoms with Crippen LogP contribution in [0.5, 0.6) is 5.75 Å². The standard InChI is InChI=1S/C16H18ClNO/c1-11-7-8-13(10-15(11)17)16(2,18)12-5-4-6-14(9-12)19-3/h4-10H,18H2,1-3H3. The maximum atomic E-state index is 6.49. The first-order valence-corrected chi connectivity index (χ1v) is 6.53. The zero-order valence-corrected chi connectivity index (χ0v) is 12.2. The van der Waals surface area contributed by atoms with E-state index in [0.29, 0.717) is 0 Å². The summed E-state index contributed by atoms with van der Waals surface area (Å²) in [7, 11) is 1.65. The first-order valence-electron chi connectivity index (χ1n) is 6.15. The minimum absolute atomic E-state index is 0.605. The lowest BCUT2D eigenvalue weighted by Gasteiger charge is -2.26. The highest BCUT2D eigenvalue weighted by Crippen LogP contribution is 2.31. The third kappa shape index (κ3) is 2.75. The Labute approximate surface area is 119 Å². The minimum Gasteiger partial charge on any atom is -0.497 e. The van der Waals surface area contributed by atoms with Crippen LogP contribution in [0.1, 0.15) is 23.6 Å². The van der Waals surface area contributed by atoms with Gasteiger partial charge in [0.25, 0.3) is 0 Å². The van der Waals surface area contributed by atoms with Gasteiger partial charge in [-0.05, 0) is 48.7 Å². The first-order chi connectivity index (χ1) is 8.95. The van der Waals surface area contributed by atoms with Gasteiger partial charge in [-0.1, -0.05) is 35.9 Å². The largest absolute Gasteiger partial charge is 0.497 e. The Kier molecular flexibility index (Phi) is 3.83. The van der Waals surface area contributed by atoms with Crippen LogP contribution in [0.3, 0.4) is 0 Å². The molecule has 0 fully saturated rings. The fourth-order valence-corrected chi connectivity index (χ4v) is 2.21. The molecule has 0 heterocycles. The second-order valence-corrected chi connectivity index (χ2v) is 5.31. The molecule has 0 aliphatic rings. The Balaban J connectivity index is 2.47. The normalized spacial score (nSPS) is 13.9. The summed E-state index contributed by atoms with van der Waals surface area (Å²) < 4.78 is 5.25. The summed E-state index contributed by atoms with van der Waals surface area (Å²) in [6, 6.07) is 13.7. The van der Waals surface area contributed by atoms with Gasteiger partial charge in [0.1, 0.15) is 5.75 Å². The summed E-state index contributed by atoms with van der Waals surface area (Å²) in [5.74, 6) is 0.799. The van der Waals surface area contributed by atoms with Crippen molar-refractivity contribution in [2.75, 3.05) is 7.11 Å². The molecule has 0 amide bonds. The van der Waals surface area contributed by atoms with Gasteiger partial charge >= 0.3 is 0 Å². The Bertz CT molecular complexity index is 593. The maximum absolute atomic E-state index is 6.49. The predicted octanol–water partition coefficient (Wildman–Crippen LogP) is 3.88. The van der Waals surface area contributed by atoms with E-state index in [0.717, 1.165) is 27.5 Å². The lowest BCUT2D eigenvalue weighted by Crippen LogP contribution is -2.34. The van der Waals surface area contributed by atoms with Crippen molar-refractivity contribution in [3.63, 3.8) is 0 Å². The third-order valence-electron chi connectivity index (χ3n) is 3.44. The van der Waals surface area contributed by atoms with Crippen molar-refractivity contribution in [3.05, 3.63) is 64.2 Å². The van der Waals surface area contributed by atoms with Crippen LogP contribution in [0.25, 0.3) is 0 Å². The molecule has 0 aliphatic heterocycles. The molecule has 2 aromatic rings. The fourth-order valence-electron chi connectivity index (χ4n) is 2.03. The van der Waals surface area contributed by atoms with E-state index in [1.807, 2.05) is 56.3 Å². The molecule has 0 saturated heterocycles. The van der Waals surface area contributed by atoms with Gasteiger partial charge < -0.3 is 10.5 Å². The lowest BCUT2D eigenvalue weighted by molar-refractivity contribution is 0.413. The maximum Gasteiger partial charge on any atom is 0.119 e. The highest BCUT2D eigenvalue weighted by atomic mass is 35.5. The van der Waals surface area contributed by atoms with E-state index < -0.39 is 5.54 Å². The molecule has 19 heavy (non-hydrogen) atoms. The number of hydrogen-bond donors (Lipinski definition) is 1. The molecule has 2 aromatic carbocycles. The van der Waals surface area contributed by atoms with Gasteiger partial charge in [-0.15, -0.1) is 0 Å². The summed E-state index contributed by atoms with van der Waals surface area (Å²) >= 11 is 6.19. The molecular weight excluding hydrogens is 258 g/mol. The highest BCUT2D eigenvalue weighted by molar-refractivity contribution is 6.31. The van der Waals surface area contributed by atoms with Crippen molar-refractivity contribution < 1.29 is 4.74 Å². The summed E-state index contributed by atoms with van der Waals surface area (Å²) in [5, 5.41) is 0.733. The number of aryl methyl sites for hydroxylation is 1. The van der Waals surface area contributed by atoms with Crippen LogP contribution in [0, 0.1) is 6.92 Å². The molecule has 0 aromatic heterocycles. The summed E-state index contributed by atoms with van der Waals surface area (Å²) in [6.07, 6.45) is 0. The van der Waals surface area contributed by atoms with E-state index in [2.05, 4.69) is 0 Å². The van der Waals surface area contributed by atoms with Crippen molar-refractivity contribution in [2.24, 2.45) is 5.73 Å². The number of halogens is 1. The molecule has 2 nitrogen and oxygen atoms in total. The SMILES string of the molecule is COc1cccc(C(C)(N)c2ccc(C)c(Cl)c2)c1. The van der Waals surface area contributed by atoms with E-state index in [1.165, 1.54) is 0 Å². The quantitative estimate of drug-likeness (QED) is 0.923. The number of hydrogen-bond acceptors (Lipinski definition) is 2. The second kappa shape index (κ2) is 5.24. The summed E-state index contributed by atoms with van der Waals surface area (Å²) in [5.41, 5.74) is 8.91. The van der Waals surface area contributed by atoms with Crippen molar-refractivity contribution in [1.29, 1.82) is 0 Å². The number of rotatable bonds is 3. The molecule has 1 unspecified atom stereocenters. The molecular formula is C16H18ClNO. The Morgan fingerprint density at radius 1 is 1.11 bits per heavy atom. The predicted molar refractivity (Wildman–Crippen MR) is 79.8 cm³/mol. The number of methoxy groups -OCH3 is 1. The molecule has 1 atom stereocenters. The monoisotopic (exact) mass is 275 g/mol. The van der Waals surface area contributed by atoms with Crippen molar-refractivity contribution >= 4 is 11.6 Å². The van der Waals surface area contributed by atoms with E-state index in [1.54, 1.807) is 7.11 Å². The molecule has 0 radical (unpaired) electrons. The fraction of sp³-hybridized carbons (Fsp3) is 0.250. The lowest BCUT2D eigenvalue weighted by atomic mass is 9.85. The van der Waals surface area contributed by atoms with E-state index in [9.17, 15) is 0 Å². The van der Waals surface area contributed by atoms with Gasteiger partial charge in [-0.3, -0.25) is 0 Å². The van der Waals surface area contributed by atoms with Gasteiger partial charge in [-0.2, -0.15) is 0 Å². The minimum atomic E-state index is -0.605. The Morgan fingerprint density at radius 2 is 1.79 bits per heavy atom. The number of benzene rings is 2. The second-order valence-electron chi connectivity index (χ2n) is 4.90. The van der Waals surface area contributed by atoms with E-state index in [-0.39, 0.29) is 0 Å². The smallest absolute Gasteiger partial charge is 0.119 e. The van der Waals surface area contributed by atoms with E-state index >= 15 is 0 Å². The van der Waals surface area contributed by atoms with Crippen LogP contribution >= 0.6 is 11.6 Å². The average molecular weight is 276 g/mol. The molecule has 0 aliphatic carbocycles. The van der Waals surface area contributed by atoms with Crippen LogP contribution in [-0.4, -0.2) is 7.11 Å². The molecule has 2 rings (SSSR count). The van der Waals surface area contributed by atoms with Crippen LogP contribution in [0.4, 0.5) is 0 Å². The van der Waals surface area contributed by atoms with Gasteiger partial charge in [-0.25, -0.2) is 0 Å². The molecule has 0 spiro atoms. The van der Waals surface area contributed by atoms with Crippen LogP contribution < -0.4 is 10.5 Å². The topological polar surface area (TPSA) is 35.2 Å². The number of ether oxygens (including phenoxy) is 1. The van der Waals surface area contributed by atoms with Crippen molar-refractivity contribution in [3.8, 4) is 5.75 Å². The number of nitrogens with two attached hydrogens (primary N) is 1. The third-order valence-corrected chi connectivity index (χ3v) is 3.85. The molecule has 100 valence electrons. The Morgan fingerprint density at radius 3 is 2.42 bits per heavy atom. The zero-order chi connectivity index (χ0) is 14.0. The average Bonchev–Trinajstić information content (AvgIpc) is 2.41. The van der Waals surface area contributed by atoms with E-state index in [4.69, 9.17) is 22.1 Å². The van der Waals surface area contributed by atoms with Gasteiger partial charge in [0.05, 0.1) is 12.6 Å².